The number of benzene rings is 2. The first-order valence-electron chi connectivity index (χ1n) is 9.09. The zero-order valence-corrected chi connectivity index (χ0v) is 17.9. The second-order valence-electron chi connectivity index (χ2n) is 6.31. The molecule has 0 aliphatic carbocycles. The van der Waals surface area contributed by atoms with Crippen LogP contribution < -0.4 is 15.4 Å². The number of aryl methyl sites for hydroxylation is 1. The van der Waals surface area contributed by atoms with Crippen molar-refractivity contribution in [3.05, 3.63) is 47.0 Å². The van der Waals surface area contributed by atoms with Gasteiger partial charge in [-0.05, 0) is 49.2 Å². The molecular formula is C21H25ClN2O3S. The average Bonchev–Trinajstić information content (AvgIpc) is 2.68. The average molecular weight is 421 g/mol. The van der Waals surface area contributed by atoms with E-state index in [9.17, 15) is 9.59 Å². The molecule has 0 saturated carbocycles. The summed E-state index contributed by atoms with van der Waals surface area (Å²) in [5.74, 6) is 0.667. The standard InChI is InChI=1S/C21H25ClN2O3S/c1-4-5-6-20(25)23-15-7-9-16(10-8-15)28-13-21(26)24-18-11-14(2)17(22)12-19(18)27-3/h7-12H,4-6,13H2,1-3H3,(H,23,25)(H,24,26). The SMILES string of the molecule is CCCCC(=O)Nc1ccc(SCC(=O)Nc2cc(C)c(Cl)cc2OC)cc1. The fourth-order valence-corrected chi connectivity index (χ4v) is 3.31. The van der Waals surface area contributed by atoms with Crippen molar-refractivity contribution >= 4 is 46.6 Å². The zero-order valence-electron chi connectivity index (χ0n) is 16.3. The highest BCUT2D eigenvalue weighted by Gasteiger charge is 2.11. The molecule has 0 radical (unpaired) electrons. The Bertz CT molecular complexity index is 825. The number of thioether (sulfide) groups is 1. The van der Waals surface area contributed by atoms with Gasteiger partial charge in [-0.3, -0.25) is 9.59 Å². The lowest BCUT2D eigenvalue weighted by atomic mass is 10.2. The van der Waals surface area contributed by atoms with Crippen LogP contribution in [0.25, 0.3) is 0 Å². The van der Waals surface area contributed by atoms with Crippen LogP contribution in [-0.4, -0.2) is 24.7 Å². The monoisotopic (exact) mass is 420 g/mol. The summed E-state index contributed by atoms with van der Waals surface area (Å²) in [5, 5.41) is 6.32. The third-order valence-corrected chi connectivity index (χ3v) is 5.44. The predicted molar refractivity (Wildman–Crippen MR) is 117 cm³/mol. The molecule has 150 valence electrons. The highest BCUT2D eigenvalue weighted by atomic mass is 35.5. The molecule has 0 heterocycles. The van der Waals surface area contributed by atoms with E-state index in [4.69, 9.17) is 16.3 Å². The smallest absolute Gasteiger partial charge is 0.234 e. The van der Waals surface area contributed by atoms with Crippen molar-refractivity contribution in [2.75, 3.05) is 23.5 Å². The maximum Gasteiger partial charge on any atom is 0.234 e. The molecule has 0 atom stereocenters. The molecule has 0 bridgehead atoms. The summed E-state index contributed by atoms with van der Waals surface area (Å²) in [4.78, 5) is 25.0. The number of unbranched alkanes of at least 4 members (excludes halogenated alkanes) is 1. The van der Waals surface area contributed by atoms with Gasteiger partial charge in [-0.15, -0.1) is 11.8 Å². The molecule has 2 amide bonds. The molecule has 0 unspecified atom stereocenters. The van der Waals surface area contributed by atoms with Crippen LogP contribution in [0, 0.1) is 6.92 Å². The molecule has 2 aromatic carbocycles. The lowest BCUT2D eigenvalue weighted by molar-refractivity contribution is -0.116. The Morgan fingerprint density at radius 3 is 2.46 bits per heavy atom. The Morgan fingerprint density at radius 2 is 1.82 bits per heavy atom. The van der Waals surface area contributed by atoms with Crippen molar-refractivity contribution < 1.29 is 14.3 Å². The fraction of sp³-hybridized carbons (Fsp3) is 0.333. The molecular weight excluding hydrogens is 396 g/mol. The molecule has 0 spiro atoms. The molecule has 28 heavy (non-hydrogen) atoms. The van der Waals surface area contributed by atoms with Gasteiger partial charge in [0.15, 0.2) is 0 Å². The van der Waals surface area contributed by atoms with Gasteiger partial charge in [-0.2, -0.15) is 0 Å². The maximum absolute atomic E-state index is 12.3. The molecule has 0 fully saturated rings. The number of nitrogens with one attached hydrogen (secondary N) is 2. The minimum Gasteiger partial charge on any atom is -0.495 e. The molecule has 2 rings (SSSR count). The minimum absolute atomic E-state index is 0.0221. The van der Waals surface area contributed by atoms with Gasteiger partial charge in [0, 0.05) is 28.1 Å². The Labute approximate surface area is 175 Å². The fourth-order valence-electron chi connectivity index (χ4n) is 2.46. The first-order chi connectivity index (χ1) is 13.4. The molecule has 2 N–H and O–H groups in total. The van der Waals surface area contributed by atoms with Gasteiger partial charge in [0.05, 0.1) is 18.6 Å². The van der Waals surface area contributed by atoms with Crippen LogP contribution >= 0.6 is 23.4 Å². The van der Waals surface area contributed by atoms with E-state index in [2.05, 4.69) is 17.6 Å². The third kappa shape index (κ3) is 6.77. The van der Waals surface area contributed by atoms with Crippen molar-refractivity contribution in [3.63, 3.8) is 0 Å². The number of anilines is 2. The summed E-state index contributed by atoms with van der Waals surface area (Å²) in [6.07, 6.45) is 2.40. The first-order valence-corrected chi connectivity index (χ1v) is 10.5. The van der Waals surface area contributed by atoms with Crippen molar-refractivity contribution in [1.29, 1.82) is 0 Å². The van der Waals surface area contributed by atoms with Gasteiger partial charge in [0.1, 0.15) is 5.75 Å². The van der Waals surface area contributed by atoms with Crippen LogP contribution in [0.2, 0.25) is 5.02 Å². The summed E-state index contributed by atoms with van der Waals surface area (Å²) < 4.78 is 5.27. The lowest BCUT2D eigenvalue weighted by Gasteiger charge is -2.12. The largest absolute Gasteiger partial charge is 0.495 e. The Balaban J connectivity index is 1.88. The van der Waals surface area contributed by atoms with Crippen LogP contribution in [-0.2, 0) is 9.59 Å². The second-order valence-corrected chi connectivity index (χ2v) is 7.77. The minimum atomic E-state index is -0.137. The summed E-state index contributed by atoms with van der Waals surface area (Å²) in [7, 11) is 1.54. The molecule has 0 aliphatic rings. The number of ether oxygens (including phenoxy) is 1. The Hall–Kier alpha value is -2.18. The zero-order chi connectivity index (χ0) is 20.5. The predicted octanol–water partition coefficient (Wildman–Crippen LogP) is 5.52. The van der Waals surface area contributed by atoms with E-state index in [0.29, 0.717) is 22.9 Å². The van der Waals surface area contributed by atoms with Gasteiger partial charge >= 0.3 is 0 Å². The van der Waals surface area contributed by atoms with Crippen molar-refractivity contribution in [2.24, 2.45) is 0 Å². The number of hydrogen-bond donors (Lipinski definition) is 2. The maximum atomic E-state index is 12.3. The highest BCUT2D eigenvalue weighted by Crippen LogP contribution is 2.31. The first kappa shape index (κ1) is 22.1. The van der Waals surface area contributed by atoms with Crippen LogP contribution in [0.15, 0.2) is 41.3 Å². The summed E-state index contributed by atoms with van der Waals surface area (Å²) >= 11 is 7.51. The molecule has 0 aromatic heterocycles. The van der Waals surface area contributed by atoms with Crippen LogP contribution in [0.5, 0.6) is 5.75 Å². The summed E-state index contributed by atoms with van der Waals surface area (Å²) in [6.45, 7) is 3.92. The van der Waals surface area contributed by atoms with E-state index in [1.807, 2.05) is 31.2 Å². The van der Waals surface area contributed by atoms with Gasteiger partial charge < -0.3 is 15.4 Å². The van der Waals surface area contributed by atoms with Crippen molar-refractivity contribution in [3.8, 4) is 5.75 Å². The van der Waals surface area contributed by atoms with E-state index in [0.717, 1.165) is 29.0 Å². The van der Waals surface area contributed by atoms with Crippen LogP contribution in [0.3, 0.4) is 0 Å². The Kier molecular flexibility index (Phi) is 8.67. The number of carbonyl (C=O) groups excluding carboxylic acids is 2. The Morgan fingerprint density at radius 1 is 1.11 bits per heavy atom. The third-order valence-electron chi connectivity index (χ3n) is 4.02. The molecule has 0 aliphatic heterocycles. The summed E-state index contributed by atoms with van der Waals surface area (Å²) in [5.41, 5.74) is 2.22. The second kappa shape index (κ2) is 11.0. The molecule has 0 saturated heterocycles. The van der Waals surface area contributed by atoms with Crippen molar-refractivity contribution in [1.82, 2.24) is 0 Å². The topological polar surface area (TPSA) is 67.4 Å². The molecule has 7 heteroatoms. The summed E-state index contributed by atoms with van der Waals surface area (Å²) in [6, 6.07) is 10.9. The van der Waals surface area contributed by atoms with Crippen LogP contribution in [0.1, 0.15) is 31.7 Å². The number of carbonyl (C=O) groups is 2. The quantitative estimate of drug-likeness (QED) is 0.524. The van der Waals surface area contributed by atoms with Gasteiger partial charge in [0.2, 0.25) is 11.8 Å². The highest BCUT2D eigenvalue weighted by molar-refractivity contribution is 8.00. The number of methoxy groups -OCH3 is 1. The van der Waals surface area contributed by atoms with E-state index in [1.165, 1.54) is 18.9 Å². The number of hydrogen-bond acceptors (Lipinski definition) is 4. The van der Waals surface area contributed by atoms with Gasteiger partial charge in [-0.1, -0.05) is 24.9 Å². The van der Waals surface area contributed by atoms with Gasteiger partial charge in [-0.25, -0.2) is 0 Å². The van der Waals surface area contributed by atoms with E-state index in [-0.39, 0.29) is 17.6 Å². The molecule has 2 aromatic rings. The van der Waals surface area contributed by atoms with Gasteiger partial charge in [0.25, 0.3) is 0 Å². The van der Waals surface area contributed by atoms with E-state index < -0.39 is 0 Å². The lowest BCUT2D eigenvalue weighted by Crippen LogP contribution is -2.15. The number of amides is 2. The van der Waals surface area contributed by atoms with E-state index >= 15 is 0 Å². The van der Waals surface area contributed by atoms with Crippen LogP contribution in [0.4, 0.5) is 11.4 Å². The number of halogens is 1. The normalized spacial score (nSPS) is 10.4. The molecule has 5 nitrogen and oxygen atoms in total. The van der Waals surface area contributed by atoms with Crippen molar-refractivity contribution in [2.45, 2.75) is 38.0 Å². The van der Waals surface area contributed by atoms with E-state index in [1.54, 1.807) is 12.1 Å². The number of rotatable bonds is 9.